The van der Waals surface area contributed by atoms with Crippen molar-refractivity contribution < 1.29 is 24.1 Å². The Bertz CT molecular complexity index is 223. The number of nitrogens with two attached hydrogens (primary N) is 1. The van der Waals surface area contributed by atoms with Crippen molar-refractivity contribution in [3.63, 3.8) is 0 Å². The minimum Gasteiger partial charge on any atom is -0.466 e. The normalized spacial score (nSPS) is 10.8. The summed E-state index contributed by atoms with van der Waals surface area (Å²) in [5.74, 6) is -0.198. The Labute approximate surface area is 128 Å². The number of ether oxygens (including phenoxy) is 3. The van der Waals surface area contributed by atoms with Crippen molar-refractivity contribution in [2.45, 2.75) is 52.6 Å². The predicted molar refractivity (Wildman–Crippen MR) is 83.1 cm³/mol. The molecule has 0 heterocycles. The highest BCUT2D eigenvalue weighted by Gasteiger charge is 2.01. The molecule has 0 aliphatic rings. The minimum absolute atomic E-state index is 0.198. The monoisotopic (exact) mass is 307 g/mol. The Hall–Kier alpha value is -0.690. The van der Waals surface area contributed by atoms with Crippen molar-refractivity contribution in [1.82, 2.24) is 0 Å². The molecule has 0 rings (SSSR count). The number of hydrogen-bond donors (Lipinski definition) is 2. The predicted octanol–water partition coefficient (Wildman–Crippen LogP) is 1.49. The molecule has 0 spiro atoms. The van der Waals surface area contributed by atoms with Crippen LogP contribution in [0.2, 0.25) is 0 Å². The van der Waals surface area contributed by atoms with Gasteiger partial charge in [-0.25, -0.2) is 0 Å². The molecule has 0 aliphatic carbocycles. The molecular weight excluding hydrogens is 274 g/mol. The van der Waals surface area contributed by atoms with Crippen LogP contribution in [0.15, 0.2) is 0 Å². The largest absolute Gasteiger partial charge is 0.466 e. The van der Waals surface area contributed by atoms with Crippen LogP contribution >= 0.6 is 0 Å². The molecule has 0 aromatic carbocycles. The quantitative estimate of drug-likeness (QED) is 0.444. The highest BCUT2D eigenvalue weighted by atomic mass is 16.5. The number of aliphatic hydroxyl groups is 1. The van der Waals surface area contributed by atoms with Crippen LogP contribution in [0.1, 0.15) is 47.0 Å². The summed E-state index contributed by atoms with van der Waals surface area (Å²) in [4.78, 5) is 11.1. The first-order valence-electron chi connectivity index (χ1n) is 7.54. The summed E-state index contributed by atoms with van der Waals surface area (Å²) in [6.07, 6.45) is 2.25. The van der Waals surface area contributed by atoms with E-state index in [0.29, 0.717) is 46.0 Å². The van der Waals surface area contributed by atoms with Gasteiger partial charge in [0, 0.05) is 6.54 Å². The molecule has 0 fully saturated rings. The van der Waals surface area contributed by atoms with Crippen LogP contribution in [0, 0.1) is 0 Å². The van der Waals surface area contributed by atoms with E-state index in [1.54, 1.807) is 20.8 Å². The second-order valence-electron chi connectivity index (χ2n) is 5.51. The number of carbonyl (C=O) groups is 1. The number of carbonyl (C=O) groups excluding carboxylic acids is 1. The fourth-order valence-corrected chi connectivity index (χ4v) is 0.963. The summed E-state index contributed by atoms with van der Waals surface area (Å²) < 4.78 is 15.3. The minimum atomic E-state index is -0.500. The fourth-order valence-electron chi connectivity index (χ4n) is 0.963. The van der Waals surface area contributed by atoms with Gasteiger partial charge in [-0.3, -0.25) is 4.79 Å². The van der Waals surface area contributed by atoms with Gasteiger partial charge in [0.05, 0.1) is 45.1 Å². The van der Waals surface area contributed by atoms with E-state index < -0.39 is 5.60 Å². The summed E-state index contributed by atoms with van der Waals surface area (Å²) in [6.45, 7) is 10.2. The molecule has 3 N–H and O–H groups in total. The highest BCUT2D eigenvalue weighted by molar-refractivity contribution is 5.69. The Kier molecular flexibility index (Phi) is 16.9. The van der Waals surface area contributed by atoms with Crippen LogP contribution in [0.4, 0.5) is 0 Å². The van der Waals surface area contributed by atoms with E-state index in [1.807, 2.05) is 0 Å². The van der Waals surface area contributed by atoms with Gasteiger partial charge in [-0.1, -0.05) is 13.3 Å². The van der Waals surface area contributed by atoms with Crippen LogP contribution in [0.25, 0.3) is 0 Å². The van der Waals surface area contributed by atoms with Crippen LogP contribution in [0.5, 0.6) is 0 Å². The smallest absolute Gasteiger partial charge is 0.308 e. The summed E-state index contributed by atoms with van der Waals surface area (Å²) >= 11 is 0. The summed E-state index contributed by atoms with van der Waals surface area (Å²) in [5, 5.41) is 8.52. The number of unbranched alkanes of at least 4 members (excludes halogenated alkanes) is 1. The second-order valence-corrected chi connectivity index (χ2v) is 5.51. The maximum Gasteiger partial charge on any atom is 0.308 e. The third-order valence-corrected chi connectivity index (χ3v) is 1.85. The van der Waals surface area contributed by atoms with E-state index in [2.05, 4.69) is 6.92 Å². The molecule has 0 bridgehead atoms. The first kappa shape index (κ1) is 22.6. The fraction of sp³-hybridized carbons (Fsp3) is 0.933. The topological polar surface area (TPSA) is 91.0 Å². The lowest BCUT2D eigenvalue weighted by atomic mass is 10.2. The van der Waals surface area contributed by atoms with Gasteiger partial charge in [0.15, 0.2) is 0 Å². The van der Waals surface area contributed by atoms with Crippen molar-refractivity contribution in [3.05, 3.63) is 0 Å². The summed E-state index contributed by atoms with van der Waals surface area (Å²) in [6, 6.07) is 0. The zero-order chi connectivity index (χ0) is 16.6. The number of esters is 1. The lowest BCUT2D eigenvalue weighted by Gasteiger charge is -2.05. The van der Waals surface area contributed by atoms with Crippen molar-refractivity contribution in [2.75, 3.05) is 39.6 Å². The van der Waals surface area contributed by atoms with E-state index in [1.165, 1.54) is 0 Å². The summed E-state index contributed by atoms with van der Waals surface area (Å²) in [7, 11) is 0. The van der Waals surface area contributed by atoms with Gasteiger partial charge in [-0.15, -0.1) is 0 Å². The molecule has 0 saturated heterocycles. The summed E-state index contributed by atoms with van der Waals surface area (Å²) in [5.41, 5.74) is 4.74. The average Bonchev–Trinajstić information content (AvgIpc) is 2.36. The Morgan fingerprint density at radius 3 is 2.05 bits per heavy atom. The molecular formula is C15H33NO5. The molecule has 0 atom stereocenters. The van der Waals surface area contributed by atoms with Gasteiger partial charge < -0.3 is 25.1 Å². The number of rotatable bonds is 11. The zero-order valence-corrected chi connectivity index (χ0v) is 14.0. The molecule has 0 radical (unpaired) electrons. The van der Waals surface area contributed by atoms with E-state index in [-0.39, 0.29) is 5.97 Å². The maximum absolute atomic E-state index is 11.1. The van der Waals surface area contributed by atoms with E-state index >= 15 is 0 Å². The lowest BCUT2D eigenvalue weighted by molar-refractivity contribution is -0.145. The van der Waals surface area contributed by atoms with Crippen LogP contribution < -0.4 is 5.73 Å². The first-order valence-corrected chi connectivity index (χ1v) is 7.54. The Balaban J connectivity index is 0. The van der Waals surface area contributed by atoms with Gasteiger partial charge in [0.2, 0.25) is 0 Å². The van der Waals surface area contributed by atoms with Crippen molar-refractivity contribution in [2.24, 2.45) is 5.73 Å². The third kappa shape index (κ3) is 32.7. The number of hydrogen-bond acceptors (Lipinski definition) is 6. The first-order chi connectivity index (χ1) is 9.81. The molecule has 128 valence electrons. The van der Waals surface area contributed by atoms with Crippen molar-refractivity contribution >= 4 is 5.97 Å². The van der Waals surface area contributed by atoms with Crippen molar-refractivity contribution in [1.29, 1.82) is 0 Å². The molecule has 6 heteroatoms. The Morgan fingerprint density at radius 1 is 1.05 bits per heavy atom. The molecule has 21 heavy (non-hydrogen) atoms. The average molecular weight is 307 g/mol. The second kappa shape index (κ2) is 15.7. The molecule has 0 aromatic rings. The molecule has 0 saturated carbocycles. The van der Waals surface area contributed by atoms with Crippen LogP contribution in [0.3, 0.4) is 0 Å². The lowest BCUT2D eigenvalue weighted by Crippen LogP contribution is -2.14. The molecule has 0 aliphatic heterocycles. The SMILES string of the molecule is CC(C)(C)O.CCCCOC(=O)CCOCCOCCN. The van der Waals surface area contributed by atoms with E-state index in [4.69, 9.17) is 25.1 Å². The molecule has 0 aromatic heterocycles. The van der Waals surface area contributed by atoms with Gasteiger partial charge in [-0.05, 0) is 27.2 Å². The highest BCUT2D eigenvalue weighted by Crippen LogP contribution is 1.93. The van der Waals surface area contributed by atoms with Gasteiger partial charge >= 0.3 is 5.97 Å². The van der Waals surface area contributed by atoms with Crippen LogP contribution in [-0.4, -0.2) is 56.3 Å². The van der Waals surface area contributed by atoms with Gasteiger partial charge in [-0.2, -0.15) is 0 Å². The van der Waals surface area contributed by atoms with E-state index in [0.717, 1.165) is 12.8 Å². The standard InChI is InChI=1S/C11H23NO4.C4H10O/c1-2-3-6-16-11(13)4-7-14-9-10-15-8-5-12;1-4(2,3)5/h2-10,12H2,1H3;5H,1-3H3. The van der Waals surface area contributed by atoms with Gasteiger partial charge in [0.25, 0.3) is 0 Å². The maximum atomic E-state index is 11.1. The van der Waals surface area contributed by atoms with Gasteiger partial charge in [0.1, 0.15) is 0 Å². The van der Waals surface area contributed by atoms with Crippen LogP contribution in [-0.2, 0) is 19.0 Å². The Morgan fingerprint density at radius 2 is 1.57 bits per heavy atom. The molecule has 0 unspecified atom stereocenters. The van der Waals surface area contributed by atoms with E-state index in [9.17, 15) is 4.79 Å². The third-order valence-electron chi connectivity index (χ3n) is 1.85. The zero-order valence-electron chi connectivity index (χ0n) is 14.0. The molecule has 6 nitrogen and oxygen atoms in total. The van der Waals surface area contributed by atoms with Crippen molar-refractivity contribution in [3.8, 4) is 0 Å². The molecule has 0 amide bonds.